The monoisotopic (exact) mass is 955 g/mol. The number of carbonyl (C=O) groups is 3. The lowest BCUT2D eigenvalue weighted by Crippen LogP contribution is -2.30. The van der Waals surface area contributed by atoms with Crippen molar-refractivity contribution in [3.8, 4) is 0 Å². The Labute approximate surface area is 423 Å². The first-order valence-corrected chi connectivity index (χ1v) is 30.0. The minimum Gasteiger partial charge on any atom is -0.462 e. The quantitative estimate of drug-likeness (QED) is 0.0262. The third-order valence-electron chi connectivity index (χ3n) is 13.4. The largest absolute Gasteiger partial charge is 0.462 e. The Balaban J connectivity index is 4.30. The van der Waals surface area contributed by atoms with Crippen LogP contribution in [0, 0.1) is 0 Å². The van der Waals surface area contributed by atoms with E-state index < -0.39 is 6.10 Å². The standard InChI is InChI=1S/C62H114O6/c1-4-7-10-13-16-19-22-25-27-29-30-31-33-34-37-40-43-46-49-52-55-61(64)67-58-59(57-66-60(63)54-51-48-45-42-39-36-24-21-18-15-12-9-6-3)68-62(65)56-53-50-47-44-41-38-35-32-28-26-23-20-17-14-11-8-5-2/h9,12,18,21,36,39,59H,4-8,10-11,13-17,19-20,22-35,37-38,40-58H2,1-3H3/b12-9-,21-18-,39-36-. The summed E-state index contributed by atoms with van der Waals surface area (Å²) in [6.07, 6.45) is 68.6. The first-order valence-electron chi connectivity index (χ1n) is 30.0. The van der Waals surface area contributed by atoms with Crippen molar-refractivity contribution in [3.05, 3.63) is 36.5 Å². The minimum atomic E-state index is -0.780. The van der Waals surface area contributed by atoms with Crippen molar-refractivity contribution < 1.29 is 28.6 Å². The molecule has 0 radical (unpaired) electrons. The summed E-state index contributed by atoms with van der Waals surface area (Å²) in [4.78, 5) is 38.2. The van der Waals surface area contributed by atoms with Gasteiger partial charge in [0.25, 0.3) is 0 Å². The summed E-state index contributed by atoms with van der Waals surface area (Å²) in [5.74, 6) is -0.885. The van der Waals surface area contributed by atoms with Gasteiger partial charge in [-0.05, 0) is 51.4 Å². The molecule has 0 aromatic heterocycles. The highest BCUT2D eigenvalue weighted by Gasteiger charge is 2.19. The molecule has 0 aromatic rings. The van der Waals surface area contributed by atoms with Gasteiger partial charge in [-0.1, -0.05) is 288 Å². The lowest BCUT2D eigenvalue weighted by Gasteiger charge is -2.18. The van der Waals surface area contributed by atoms with E-state index in [0.717, 1.165) is 83.5 Å². The summed E-state index contributed by atoms with van der Waals surface area (Å²) in [5.41, 5.74) is 0. The Morgan fingerprint density at radius 1 is 0.309 bits per heavy atom. The fourth-order valence-electron chi connectivity index (χ4n) is 8.93. The molecular formula is C62H114O6. The van der Waals surface area contributed by atoms with Gasteiger partial charge in [0.05, 0.1) is 0 Å². The molecule has 0 saturated heterocycles. The summed E-state index contributed by atoms with van der Waals surface area (Å²) < 4.78 is 16.9. The molecule has 6 heteroatoms. The molecular weight excluding hydrogens is 841 g/mol. The van der Waals surface area contributed by atoms with Crippen LogP contribution >= 0.6 is 0 Å². The highest BCUT2D eigenvalue weighted by molar-refractivity contribution is 5.71. The second-order valence-corrected chi connectivity index (χ2v) is 20.2. The van der Waals surface area contributed by atoms with Crippen molar-refractivity contribution in [2.45, 2.75) is 329 Å². The number of allylic oxidation sites excluding steroid dienone is 6. The van der Waals surface area contributed by atoms with E-state index in [9.17, 15) is 14.4 Å². The first-order chi connectivity index (χ1) is 33.5. The molecule has 0 heterocycles. The normalized spacial score (nSPS) is 12.2. The molecule has 0 aliphatic carbocycles. The molecule has 68 heavy (non-hydrogen) atoms. The number of hydrogen-bond donors (Lipinski definition) is 0. The Hall–Kier alpha value is -2.37. The highest BCUT2D eigenvalue weighted by atomic mass is 16.6. The molecule has 6 nitrogen and oxygen atoms in total. The van der Waals surface area contributed by atoms with Crippen LogP contribution in [0.1, 0.15) is 323 Å². The Kier molecular flexibility index (Phi) is 55.2. The van der Waals surface area contributed by atoms with Gasteiger partial charge in [0, 0.05) is 19.3 Å². The van der Waals surface area contributed by atoms with Gasteiger partial charge in [0.2, 0.25) is 0 Å². The molecule has 398 valence electrons. The van der Waals surface area contributed by atoms with Crippen LogP contribution in [-0.4, -0.2) is 37.2 Å². The zero-order chi connectivity index (χ0) is 49.3. The van der Waals surface area contributed by atoms with Gasteiger partial charge < -0.3 is 14.2 Å². The van der Waals surface area contributed by atoms with Crippen molar-refractivity contribution >= 4 is 17.9 Å². The molecule has 0 spiro atoms. The van der Waals surface area contributed by atoms with Crippen LogP contribution in [-0.2, 0) is 28.6 Å². The van der Waals surface area contributed by atoms with Gasteiger partial charge in [-0.3, -0.25) is 14.4 Å². The first kappa shape index (κ1) is 65.6. The maximum Gasteiger partial charge on any atom is 0.306 e. The highest BCUT2D eigenvalue weighted by Crippen LogP contribution is 2.17. The van der Waals surface area contributed by atoms with Gasteiger partial charge in [0.15, 0.2) is 6.10 Å². The fourth-order valence-corrected chi connectivity index (χ4v) is 8.93. The van der Waals surface area contributed by atoms with E-state index in [-0.39, 0.29) is 31.1 Å². The molecule has 1 atom stereocenters. The van der Waals surface area contributed by atoms with E-state index in [1.54, 1.807) is 0 Å². The van der Waals surface area contributed by atoms with Crippen molar-refractivity contribution in [1.29, 1.82) is 0 Å². The molecule has 0 fully saturated rings. The number of rotatable bonds is 55. The molecule has 0 aliphatic rings. The Morgan fingerprint density at radius 3 is 0.897 bits per heavy atom. The predicted molar refractivity (Wildman–Crippen MR) is 293 cm³/mol. The second-order valence-electron chi connectivity index (χ2n) is 20.2. The van der Waals surface area contributed by atoms with E-state index in [1.165, 1.54) is 199 Å². The van der Waals surface area contributed by atoms with Crippen LogP contribution in [0.4, 0.5) is 0 Å². The van der Waals surface area contributed by atoms with Crippen LogP contribution in [0.15, 0.2) is 36.5 Å². The van der Waals surface area contributed by atoms with Gasteiger partial charge in [-0.25, -0.2) is 0 Å². The maximum absolute atomic E-state index is 12.9. The zero-order valence-electron chi connectivity index (χ0n) is 45.6. The van der Waals surface area contributed by atoms with Crippen LogP contribution in [0.25, 0.3) is 0 Å². The summed E-state index contributed by atoms with van der Waals surface area (Å²) in [5, 5.41) is 0. The van der Waals surface area contributed by atoms with E-state index in [0.29, 0.717) is 19.3 Å². The smallest absolute Gasteiger partial charge is 0.306 e. The molecule has 0 rings (SSSR count). The van der Waals surface area contributed by atoms with E-state index >= 15 is 0 Å². The van der Waals surface area contributed by atoms with Gasteiger partial charge in [-0.15, -0.1) is 0 Å². The lowest BCUT2D eigenvalue weighted by atomic mass is 10.0. The van der Waals surface area contributed by atoms with Crippen molar-refractivity contribution in [2.24, 2.45) is 0 Å². The molecule has 0 bridgehead atoms. The lowest BCUT2D eigenvalue weighted by molar-refractivity contribution is -0.167. The molecule has 0 aromatic carbocycles. The third kappa shape index (κ3) is 54.6. The van der Waals surface area contributed by atoms with Crippen LogP contribution < -0.4 is 0 Å². The van der Waals surface area contributed by atoms with Gasteiger partial charge in [0.1, 0.15) is 13.2 Å². The summed E-state index contributed by atoms with van der Waals surface area (Å²) in [6.45, 7) is 6.56. The average Bonchev–Trinajstić information content (AvgIpc) is 3.34. The summed E-state index contributed by atoms with van der Waals surface area (Å²) >= 11 is 0. The average molecular weight is 956 g/mol. The molecule has 0 saturated carbocycles. The SMILES string of the molecule is CC/C=C\C/C=C\C/C=C\CCCCCC(=O)OCC(COC(=O)CCCCCCCCCCCCCCCCCCCCCC)OC(=O)CCCCCCCCCCCCCCCCCCC. The third-order valence-corrected chi connectivity index (χ3v) is 13.4. The molecule has 1 unspecified atom stereocenters. The molecule has 0 aliphatic heterocycles. The topological polar surface area (TPSA) is 78.9 Å². The number of hydrogen-bond acceptors (Lipinski definition) is 6. The Bertz CT molecular complexity index is 1140. The number of esters is 3. The summed E-state index contributed by atoms with van der Waals surface area (Å²) in [6, 6.07) is 0. The van der Waals surface area contributed by atoms with Gasteiger partial charge in [-0.2, -0.15) is 0 Å². The van der Waals surface area contributed by atoms with Crippen LogP contribution in [0.5, 0.6) is 0 Å². The minimum absolute atomic E-state index is 0.0763. The van der Waals surface area contributed by atoms with E-state index in [4.69, 9.17) is 14.2 Å². The number of carbonyl (C=O) groups excluding carboxylic acids is 3. The molecule has 0 amide bonds. The molecule has 0 N–H and O–H groups in total. The van der Waals surface area contributed by atoms with Crippen LogP contribution in [0.3, 0.4) is 0 Å². The van der Waals surface area contributed by atoms with E-state index in [2.05, 4.69) is 57.2 Å². The van der Waals surface area contributed by atoms with Crippen molar-refractivity contribution in [3.63, 3.8) is 0 Å². The number of ether oxygens (including phenoxy) is 3. The maximum atomic E-state index is 12.9. The van der Waals surface area contributed by atoms with Gasteiger partial charge >= 0.3 is 17.9 Å². The van der Waals surface area contributed by atoms with Crippen LogP contribution in [0.2, 0.25) is 0 Å². The van der Waals surface area contributed by atoms with E-state index in [1.807, 2.05) is 0 Å². The zero-order valence-corrected chi connectivity index (χ0v) is 45.6. The van der Waals surface area contributed by atoms with Crippen molar-refractivity contribution in [1.82, 2.24) is 0 Å². The summed E-state index contributed by atoms with van der Waals surface area (Å²) in [7, 11) is 0. The Morgan fingerprint density at radius 2 is 0.574 bits per heavy atom. The second kappa shape index (κ2) is 57.2. The van der Waals surface area contributed by atoms with Crippen molar-refractivity contribution in [2.75, 3.05) is 13.2 Å². The predicted octanol–water partition coefficient (Wildman–Crippen LogP) is 20.0. The fraction of sp³-hybridized carbons (Fsp3) is 0.855. The number of unbranched alkanes of at least 4 members (excludes halogenated alkanes) is 38.